The molecule has 1 saturated heterocycles. The number of nitrogens with one attached hydrogen (secondary N) is 1. The van der Waals surface area contributed by atoms with E-state index in [0.29, 0.717) is 17.2 Å². The van der Waals surface area contributed by atoms with Crippen LogP contribution in [0.4, 0.5) is 0 Å². The highest BCUT2D eigenvalue weighted by Crippen LogP contribution is 2.19. The highest BCUT2D eigenvalue weighted by atomic mass is 16.5. The van der Waals surface area contributed by atoms with Crippen molar-refractivity contribution in [2.24, 2.45) is 5.92 Å². The van der Waals surface area contributed by atoms with Crippen LogP contribution >= 0.6 is 0 Å². The van der Waals surface area contributed by atoms with Crippen molar-refractivity contribution in [3.05, 3.63) is 29.3 Å². The Labute approximate surface area is 114 Å². The average Bonchev–Trinajstić information content (AvgIpc) is 2.48. The number of nitrogens with zero attached hydrogens (tertiary/aromatic N) is 1. The molecule has 0 unspecified atom stereocenters. The van der Waals surface area contributed by atoms with Gasteiger partial charge >= 0.3 is 0 Å². The number of hydrogen-bond donors (Lipinski definition) is 1. The lowest BCUT2D eigenvalue weighted by molar-refractivity contribution is 0.0662. The quantitative estimate of drug-likeness (QED) is 0.880. The summed E-state index contributed by atoms with van der Waals surface area (Å²) in [7, 11) is 1.59. The average molecular weight is 260 g/mol. The molecule has 0 bridgehead atoms. The zero-order valence-electron chi connectivity index (χ0n) is 11.3. The largest absolute Gasteiger partial charge is 0.495 e. The second-order valence-electron chi connectivity index (χ2n) is 4.83. The molecule has 102 valence electrons. The van der Waals surface area contributed by atoms with Gasteiger partial charge in [-0.15, -0.1) is 0 Å². The molecule has 4 heteroatoms. The number of nitriles is 1. The van der Waals surface area contributed by atoms with E-state index in [1.807, 2.05) is 18.2 Å². The Hall–Kier alpha value is -1.57. The molecule has 1 aromatic rings. The van der Waals surface area contributed by atoms with Gasteiger partial charge in [0.25, 0.3) is 0 Å². The molecule has 1 aliphatic heterocycles. The van der Waals surface area contributed by atoms with E-state index < -0.39 is 0 Å². The van der Waals surface area contributed by atoms with Crippen LogP contribution in [0.25, 0.3) is 0 Å². The molecule has 1 aliphatic rings. The van der Waals surface area contributed by atoms with Crippen molar-refractivity contribution in [3.8, 4) is 11.8 Å². The van der Waals surface area contributed by atoms with Crippen LogP contribution < -0.4 is 10.1 Å². The highest BCUT2D eigenvalue weighted by molar-refractivity contribution is 5.45. The summed E-state index contributed by atoms with van der Waals surface area (Å²) in [4.78, 5) is 0. The molecule has 0 saturated carbocycles. The minimum atomic E-state index is 0.579. The normalized spacial score (nSPS) is 16.0. The van der Waals surface area contributed by atoms with Gasteiger partial charge in [0.1, 0.15) is 11.8 Å². The molecule has 0 aromatic heterocycles. The zero-order chi connectivity index (χ0) is 13.5. The number of rotatable bonds is 5. The molecule has 0 spiro atoms. The van der Waals surface area contributed by atoms with Crippen LogP contribution in [0, 0.1) is 17.2 Å². The highest BCUT2D eigenvalue weighted by Gasteiger charge is 2.13. The van der Waals surface area contributed by atoms with Crippen LogP contribution in [-0.4, -0.2) is 26.9 Å². The Morgan fingerprint density at radius 3 is 2.89 bits per heavy atom. The topological polar surface area (TPSA) is 54.3 Å². The molecule has 1 N–H and O–H groups in total. The van der Waals surface area contributed by atoms with Gasteiger partial charge in [0.2, 0.25) is 0 Å². The Balaban J connectivity index is 1.84. The summed E-state index contributed by atoms with van der Waals surface area (Å²) in [6, 6.07) is 7.83. The fourth-order valence-corrected chi connectivity index (χ4v) is 2.31. The van der Waals surface area contributed by atoms with Crippen molar-refractivity contribution in [3.63, 3.8) is 0 Å². The van der Waals surface area contributed by atoms with Crippen LogP contribution in [-0.2, 0) is 11.3 Å². The zero-order valence-corrected chi connectivity index (χ0v) is 11.3. The fourth-order valence-electron chi connectivity index (χ4n) is 2.31. The summed E-state index contributed by atoms with van der Waals surface area (Å²) in [5, 5.41) is 12.4. The first-order valence-electron chi connectivity index (χ1n) is 6.69. The van der Waals surface area contributed by atoms with E-state index in [9.17, 15) is 0 Å². The van der Waals surface area contributed by atoms with Crippen LogP contribution in [0.3, 0.4) is 0 Å². The molecule has 1 heterocycles. The van der Waals surface area contributed by atoms with Crippen LogP contribution in [0.2, 0.25) is 0 Å². The van der Waals surface area contributed by atoms with Gasteiger partial charge in [0.05, 0.1) is 12.7 Å². The summed E-state index contributed by atoms with van der Waals surface area (Å²) in [6.07, 6.45) is 2.29. The number of benzene rings is 1. The van der Waals surface area contributed by atoms with Crippen molar-refractivity contribution in [2.75, 3.05) is 26.9 Å². The molecule has 1 aromatic carbocycles. The molecule has 19 heavy (non-hydrogen) atoms. The van der Waals surface area contributed by atoms with Crippen LogP contribution in [0.1, 0.15) is 24.0 Å². The van der Waals surface area contributed by atoms with Crippen LogP contribution in [0.15, 0.2) is 18.2 Å². The molecule has 2 rings (SSSR count). The summed E-state index contributed by atoms with van der Waals surface area (Å²) < 4.78 is 10.6. The third-order valence-electron chi connectivity index (χ3n) is 3.49. The second kappa shape index (κ2) is 7.13. The first kappa shape index (κ1) is 13.9. The SMILES string of the molecule is COc1cc(CNCC2CCOCC2)ccc1C#N. The first-order valence-corrected chi connectivity index (χ1v) is 6.69. The van der Waals surface area contributed by atoms with Crippen molar-refractivity contribution in [1.82, 2.24) is 5.32 Å². The van der Waals surface area contributed by atoms with E-state index in [4.69, 9.17) is 14.7 Å². The predicted octanol–water partition coefficient (Wildman–Crippen LogP) is 2.08. The van der Waals surface area contributed by atoms with Crippen molar-refractivity contribution < 1.29 is 9.47 Å². The minimum Gasteiger partial charge on any atom is -0.495 e. The summed E-state index contributed by atoms with van der Waals surface area (Å²) >= 11 is 0. The van der Waals surface area contributed by atoms with E-state index in [2.05, 4.69) is 11.4 Å². The van der Waals surface area contributed by atoms with Gasteiger partial charge < -0.3 is 14.8 Å². The maximum Gasteiger partial charge on any atom is 0.136 e. The Bertz CT molecular complexity index is 448. The Kier molecular flexibility index (Phi) is 5.20. The number of ether oxygens (including phenoxy) is 2. The van der Waals surface area contributed by atoms with Gasteiger partial charge in [0, 0.05) is 19.8 Å². The maximum absolute atomic E-state index is 8.93. The molecule has 4 nitrogen and oxygen atoms in total. The molecule has 1 fully saturated rings. The summed E-state index contributed by atoms with van der Waals surface area (Å²) in [6.45, 7) is 3.60. The fraction of sp³-hybridized carbons (Fsp3) is 0.533. The molecule has 0 radical (unpaired) electrons. The molecule has 0 aliphatic carbocycles. The van der Waals surface area contributed by atoms with Gasteiger partial charge in [-0.3, -0.25) is 0 Å². The Morgan fingerprint density at radius 2 is 2.21 bits per heavy atom. The van der Waals surface area contributed by atoms with E-state index >= 15 is 0 Å². The molecule has 0 atom stereocenters. The van der Waals surface area contributed by atoms with Gasteiger partial charge in [-0.2, -0.15) is 5.26 Å². The standard InChI is InChI=1S/C15H20N2O2/c1-18-15-8-13(2-3-14(15)9-16)11-17-10-12-4-6-19-7-5-12/h2-3,8,12,17H,4-7,10-11H2,1H3. The predicted molar refractivity (Wildman–Crippen MR) is 73.0 cm³/mol. The third kappa shape index (κ3) is 3.95. The van der Waals surface area contributed by atoms with Crippen LogP contribution in [0.5, 0.6) is 5.75 Å². The lowest BCUT2D eigenvalue weighted by atomic mass is 10.0. The minimum absolute atomic E-state index is 0.579. The van der Waals surface area contributed by atoms with E-state index in [0.717, 1.165) is 44.7 Å². The molecular weight excluding hydrogens is 240 g/mol. The number of methoxy groups -OCH3 is 1. The van der Waals surface area contributed by atoms with E-state index in [-0.39, 0.29) is 0 Å². The van der Waals surface area contributed by atoms with E-state index in [1.165, 1.54) is 0 Å². The second-order valence-corrected chi connectivity index (χ2v) is 4.83. The first-order chi connectivity index (χ1) is 9.33. The molecule has 0 amide bonds. The van der Waals surface area contributed by atoms with Crippen molar-refractivity contribution >= 4 is 0 Å². The van der Waals surface area contributed by atoms with Gasteiger partial charge in [-0.25, -0.2) is 0 Å². The van der Waals surface area contributed by atoms with Crippen molar-refractivity contribution in [2.45, 2.75) is 19.4 Å². The van der Waals surface area contributed by atoms with Gasteiger partial charge in [-0.1, -0.05) is 6.07 Å². The van der Waals surface area contributed by atoms with Crippen molar-refractivity contribution in [1.29, 1.82) is 5.26 Å². The Morgan fingerprint density at radius 1 is 1.42 bits per heavy atom. The van der Waals surface area contributed by atoms with E-state index in [1.54, 1.807) is 7.11 Å². The summed E-state index contributed by atoms with van der Waals surface area (Å²) in [5.74, 6) is 1.36. The number of hydrogen-bond acceptors (Lipinski definition) is 4. The maximum atomic E-state index is 8.93. The van der Waals surface area contributed by atoms with Gasteiger partial charge in [0.15, 0.2) is 0 Å². The van der Waals surface area contributed by atoms with Gasteiger partial charge in [-0.05, 0) is 43.0 Å². The lowest BCUT2D eigenvalue weighted by Crippen LogP contribution is -2.27. The molecular formula is C15H20N2O2. The smallest absolute Gasteiger partial charge is 0.136 e. The summed E-state index contributed by atoms with van der Waals surface area (Å²) in [5.41, 5.74) is 1.72. The lowest BCUT2D eigenvalue weighted by Gasteiger charge is -2.22. The third-order valence-corrected chi connectivity index (χ3v) is 3.49. The monoisotopic (exact) mass is 260 g/mol.